The molecule has 0 spiro atoms. The molecule has 0 fully saturated rings. The highest BCUT2D eigenvalue weighted by atomic mass is 35.5. The van der Waals surface area contributed by atoms with Crippen molar-refractivity contribution in [3.05, 3.63) is 11.3 Å². The molecule has 0 aromatic rings. The summed E-state index contributed by atoms with van der Waals surface area (Å²) < 4.78 is -0.354. The summed E-state index contributed by atoms with van der Waals surface area (Å²) in [6, 6.07) is 0. The average molecular weight is 236 g/mol. The highest BCUT2D eigenvalue weighted by Crippen LogP contribution is 2.06. The summed E-state index contributed by atoms with van der Waals surface area (Å²) in [4.78, 5) is 0. The van der Waals surface area contributed by atoms with Crippen molar-refractivity contribution in [2.45, 2.75) is 4.46 Å². The van der Waals surface area contributed by atoms with Gasteiger partial charge in [0.15, 0.2) is 0 Å². The summed E-state index contributed by atoms with van der Waals surface area (Å²) in [5.41, 5.74) is 0. The Morgan fingerprint density at radius 3 is 2.30 bits per heavy atom. The van der Waals surface area contributed by atoms with Gasteiger partial charge in [-0.1, -0.05) is 11.3 Å². The number of hydrogen-bond acceptors (Lipinski definition) is 0. The highest BCUT2D eigenvalue weighted by molar-refractivity contribution is 6.72. The third kappa shape index (κ3) is 5.87. The van der Waals surface area contributed by atoms with Crippen LogP contribution in [-0.4, -0.2) is 25.7 Å². The van der Waals surface area contributed by atoms with E-state index in [-0.39, 0.29) is 4.46 Å². The molecule has 10 heavy (non-hydrogen) atoms. The normalized spacial score (nSPS) is 12.7. The van der Waals surface area contributed by atoms with E-state index in [1.165, 1.54) is 0 Å². The van der Waals surface area contributed by atoms with Crippen molar-refractivity contribution in [1.29, 1.82) is 0 Å². The lowest BCUT2D eigenvalue weighted by Gasteiger charge is -2.00. The minimum atomic E-state index is -0.354. The van der Waals surface area contributed by atoms with Crippen LogP contribution in [-0.2, 0) is 0 Å². The summed E-state index contributed by atoms with van der Waals surface area (Å²) in [7, 11) is 0.362. The molecule has 0 saturated carbocycles. The smallest absolute Gasteiger partial charge is 0.120 e. The predicted molar refractivity (Wildman–Crippen MR) is 50.8 cm³/mol. The van der Waals surface area contributed by atoms with Gasteiger partial charge in [-0.15, -0.1) is 46.4 Å². The second-order valence-electron chi connectivity index (χ2n) is 1.46. The quantitative estimate of drug-likeness (QED) is 0.520. The SMILES string of the molecule is ClC/C=C(/CCl)[Si]C(Cl)Cl. The second kappa shape index (κ2) is 6.80. The molecule has 2 radical (unpaired) electrons. The van der Waals surface area contributed by atoms with Gasteiger partial charge in [0.05, 0.1) is 4.46 Å². The average Bonchev–Trinajstić information content (AvgIpc) is 1.86. The van der Waals surface area contributed by atoms with Crippen molar-refractivity contribution >= 4 is 55.9 Å². The van der Waals surface area contributed by atoms with Crippen LogP contribution < -0.4 is 0 Å². The monoisotopic (exact) mass is 234 g/mol. The van der Waals surface area contributed by atoms with Gasteiger partial charge < -0.3 is 0 Å². The van der Waals surface area contributed by atoms with Gasteiger partial charge in [-0.2, -0.15) is 0 Å². The van der Waals surface area contributed by atoms with Crippen molar-refractivity contribution in [3.8, 4) is 0 Å². The van der Waals surface area contributed by atoms with Crippen LogP contribution in [0.15, 0.2) is 11.3 Å². The third-order valence-electron chi connectivity index (χ3n) is 0.762. The maximum atomic E-state index is 5.55. The van der Waals surface area contributed by atoms with Crippen LogP contribution in [0, 0.1) is 0 Å². The first kappa shape index (κ1) is 11.1. The number of hydrogen-bond donors (Lipinski definition) is 0. The number of alkyl halides is 4. The van der Waals surface area contributed by atoms with Crippen molar-refractivity contribution in [3.63, 3.8) is 0 Å². The Morgan fingerprint density at radius 1 is 1.40 bits per heavy atom. The lowest BCUT2D eigenvalue weighted by atomic mass is 10.6. The van der Waals surface area contributed by atoms with Crippen molar-refractivity contribution in [2.75, 3.05) is 11.8 Å². The lowest BCUT2D eigenvalue weighted by molar-refractivity contribution is 1.56. The molecule has 0 aliphatic heterocycles. The van der Waals surface area contributed by atoms with Crippen LogP contribution in [0.1, 0.15) is 0 Å². The predicted octanol–water partition coefficient (Wildman–Crippen LogP) is 2.81. The molecule has 0 rings (SSSR count). The number of allylic oxidation sites excluding steroid dienone is 2. The third-order valence-corrected chi connectivity index (χ3v) is 3.05. The first-order valence-electron chi connectivity index (χ1n) is 2.56. The summed E-state index contributed by atoms with van der Waals surface area (Å²) in [5.74, 6) is 0.927. The van der Waals surface area contributed by atoms with Crippen LogP contribution in [0.5, 0.6) is 0 Å². The van der Waals surface area contributed by atoms with Crippen molar-refractivity contribution in [2.24, 2.45) is 0 Å². The van der Waals surface area contributed by atoms with E-state index in [4.69, 9.17) is 46.4 Å². The van der Waals surface area contributed by atoms with E-state index in [0.29, 0.717) is 21.3 Å². The molecule has 0 atom stereocenters. The molecule has 0 saturated heterocycles. The van der Waals surface area contributed by atoms with Crippen LogP contribution >= 0.6 is 46.4 Å². The zero-order valence-electron chi connectivity index (χ0n) is 5.08. The summed E-state index contributed by atoms with van der Waals surface area (Å²) >= 11 is 22.0. The maximum absolute atomic E-state index is 5.55. The molecule has 0 unspecified atom stereocenters. The molecule has 0 aliphatic carbocycles. The second-order valence-corrected chi connectivity index (χ2v) is 5.37. The Balaban J connectivity index is 3.71. The summed E-state index contributed by atoms with van der Waals surface area (Å²) in [5, 5.41) is 1.02. The fourth-order valence-electron chi connectivity index (χ4n) is 0.385. The van der Waals surface area contributed by atoms with E-state index in [1.807, 2.05) is 6.08 Å². The number of rotatable bonds is 4. The summed E-state index contributed by atoms with van der Waals surface area (Å²) in [6.45, 7) is 0. The zero-order valence-corrected chi connectivity index (χ0v) is 9.10. The van der Waals surface area contributed by atoms with Crippen molar-refractivity contribution < 1.29 is 0 Å². The van der Waals surface area contributed by atoms with Crippen LogP contribution in [0.25, 0.3) is 0 Å². The Morgan fingerprint density at radius 2 is 2.00 bits per heavy atom. The van der Waals surface area contributed by atoms with Gasteiger partial charge in [0.2, 0.25) is 0 Å². The molecule has 0 amide bonds. The van der Waals surface area contributed by atoms with E-state index in [9.17, 15) is 0 Å². The molecule has 0 bridgehead atoms. The lowest BCUT2D eigenvalue weighted by Crippen LogP contribution is -2.07. The van der Waals surface area contributed by atoms with Crippen LogP contribution in [0.3, 0.4) is 0 Å². The molecular weight excluding hydrogens is 230 g/mol. The van der Waals surface area contributed by atoms with E-state index in [1.54, 1.807) is 0 Å². The van der Waals surface area contributed by atoms with Gasteiger partial charge in [0.25, 0.3) is 0 Å². The van der Waals surface area contributed by atoms with E-state index in [2.05, 4.69) is 0 Å². The molecule has 58 valence electrons. The molecule has 0 aromatic heterocycles. The van der Waals surface area contributed by atoms with Crippen molar-refractivity contribution in [1.82, 2.24) is 0 Å². The van der Waals surface area contributed by atoms with Gasteiger partial charge in [0.1, 0.15) is 9.52 Å². The van der Waals surface area contributed by atoms with Crippen LogP contribution in [0.2, 0.25) is 0 Å². The highest BCUT2D eigenvalue weighted by Gasteiger charge is 2.04. The fourth-order valence-corrected chi connectivity index (χ4v) is 2.46. The molecule has 0 nitrogen and oxygen atoms in total. The maximum Gasteiger partial charge on any atom is 0.120 e. The minimum absolute atomic E-state index is 0.354. The van der Waals surface area contributed by atoms with Gasteiger partial charge in [-0.05, 0) is 0 Å². The number of halogens is 4. The Hall–Kier alpha value is 1.12. The van der Waals surface area contributed by atoms with Gasteiger partial charge in [-0.3, -0.25) is 0 Å². The standard InChI is InChI=1S/C5H6Cl4Si/c6-2-1-4(3-7)10-5(8)9/h1,5H,2-3H2/b4-1-. The van der Waals surface area contributed by atoms with Crippen LogP contribution in [0.4, 0.5) is 0 Å². The van der Waals surface area contributed by atoms with Gasteiger partial charge in [0, 0.05) is 11.8 Å². The molecule has 0 aromatic carbocycles. The molecule has 0 heterocycles. The molecule has 0 aliphatic rings. The Kier molecular flexibility index (Phi) is 7.56. The Labute approximate surface area is 83.3 Å². The minimum Gasteiger partial charge on any atom is -0.122 e. The first-order valence-corrected chi connectivity index (χ1v) is 5.58. The fraction of sp³-hybridized carbons (Fsp3) is 0.600. The topological polar surface area (TPSA) is 0 Å². The molecular formula is C5H6Cl4Si. The van der Waals surface area contributed by atoms with E-state index < -0.39 is 0 Å². The van der Waals surface area contributed by atoms with Gasteiger partial charge in [-0.25, -0.2) is 0 Å². The largest absolute Gasteiger partial charge is 0.122 e. The Bertz CT molecular complexity index is 112. The molecule has 5 heteroatoms. The first-order chi connectivity index (χ1) is 4.70. The summed E-state index contributed by atoms with van der Waals surface area (Å²) in [6.07, 6.45) is 1.84. The van der Waals surface area contributed by atoms with Gasteiger partial charge >= 0.3 is 0 Å². The zero-order chi connectivity index (χ0) is 7.98. The van der Waals surface area contributed by atoms with E-state index >= 15 is 0 Å². The van der Waals surface area contributed by atoms with E-state index in [0.717, 1.165) is 5.20 Å². The molecule has 0 N–H and O–H groups in total.